The Labute approximate surface area is 72.6 Å². The number of hydrogen-bond donors (Lipinski definition) is 1. The number of Topliss-reactive ketones (excluding diaryl/α,β-unsaturated/α-hetero) is 1. The number of carbonyl (C=O) groups is 1. The van der Waals surface area contributed by atoms with E-state index in [2.05, 4.69) is 6.58 Å². The molecule has 0 heterocycles. The zero-order valence-electron chi connectivity index (χ0n) is 7.39. The van der Waals surface area contributed by atoms with Gasteiger partial charge in [0, 0.05) is 18.4 Å². The Balaban J connectivity index is 2.81. The second kappa shape index (κ2) is 3.57. The van der Waals surface area contributed by atoms with Crippen molar-refractivity contribution in [1.29, 1.82) is 0 Å². The van der Waals surface area contributed by atoms with Crippen LogP contribution in [0.25, 0.3) is 0 Å². The lowest BCUT2D eigenvalue weighted by Crippen LogP contribution is -2.11. The molecule has 66 valence electrons. The molecule has 0 fully saturated rings. The SMILES string of the molecule is C=C(C)CC1=C(O)CCCC1=O. The highest BCUT2D eigenvalue weighted by molar-refractivity contribution is 5.96. The van der Waals surface area contributed by atoms with E-state index in [1.807, 2.05) is 6.92 Å². The molecule has 1 aliphatic rings. The van der Waals surface area contributed by atoms with Crippen molar-refractivity contribution in [2.24, 2.45) is 0 Å². The fraction of sp³-hybridized carbons (Fsp3) is 0.500. The van der Waals surface area contributed by atoms with Crippen LogP contribution in [-0.2, 0) is 4.79 Å². The molecule has 0 aromatic carbocycles. The van der Waals surface area contributed by atoms with E-state index in [9.17, 15) is 9.90 Å². The summed E-state index contributed by atoms with van der Waals surface area (Å²) in [6.07, 6.45) is 2.54. The van der Waals surface area contributed by atoms with Crippen molar-refractivity contribution >= 4 is 5.78 Å². The van der Waals surface area contributed by atoms with Crippen LogP contribution < -0.4 is 0 Å². The van der Waals surface area contributed by atoms with E-state index in [4.69, 9.17) is 0 Å². The number of aliphatic hydroxyl groups is 1. The molecule has 0 spiro atoms. The predicted octanol–water partition coefficient (Wildman–Crippen LogP) is 2.52. The van der Waals surface area contributed by atoms with E-state index >= 15 is 0 Å². The Kier molecular flexibility index (Phi) is 2.69. The van der Waals surface area contributed by atoms with Crippen LogP contribution in [0.1, 0.15) is 32.6 Å². The second-order valence-electron chi connectivity index (χ2n) is 3.34. The van der Waals surface area contributed by atoms with Gasteiger partial charge in [0.1, 0.15) is 0 Å². The summed E-state index contributed by atoms with van der Waals surface area (Å²) in [4.78, 5) is 11.3. The van der Waals surface area contributed by atoms with Crippen LogP contribution in [-0.4, -0.2) is 10.9 Å². The molecular weight excluding hydrogens is 152 g/mol. The molecule has 1 aliphatic carbocycles. The Morgan fingerprint density at radius 3 is 2.75 bits per heavy atom. The van der Waals surface area contributed by atoms with Crippen molar-refractivity contribution in [1.82, 2.24) is 0 Å². The summed E-state index contributed by atoms with van der Waals surface area (Å²) in [5.41, 5.74) is 1.50. The van der Waals surface area contributed by atoms with Gasteiger partial charge in [-0.25, -0.2) is 0 Å². The summed E-state index contributed by atoms with van der Waals surface area (Å²) in [5, 5.41) is 9.41. The molecule has 0 saturated heterocycles. The summed E-state index contributed by atoms with van der Waals surface area (Å²) >= 11 is 0. The van der Waals surface area contributed by atoms with Crippen molar-refractivity contribution in [2.75, 3.05) is 0 Å². The molecule has 1 rings (SSSR count). The van der Waals surface area contributed by atoms with Crippen LogP contribution in [0.4, 0.5) is 0 Å². The van der Waals surface area contributed by atoms with Crippen molar-refractivity contribution in [2.45, 2.75) is 32.6 Å². The largest absolute Gasteiger partial charge is 0.512 e. The predicted molar refractivity (Wildman–Crippen MR) is 47.9 cm³/mol. The average molecular weight is 166 g/mol. The fourth-order valence-electron chi connectivity index (χ4n) is 1.38. The van der Waals surface area contributed by atoms with Gasteiger partial charge in [0.15, 0.2) is 5.78 Å². The van der Waals surface area contributed by atoms with Gasteiger partial charge >= 0.3 is 0 Å². The van der Waals surface area contributed by atoms with Gasteiger partial charge in [0.2, 0.25) is 0 Å². The van der Waals surface area contributed by atoms with E-state index in [-0.39, 0.29) is 11.5 Å². The van der Waals surface area contributed by atoms with Gasteiger partial charge in [-0.1, -0.05) is 12.2 Å². The zero-order valence-corrected chi connectivity index (χ0v) is 7.39. The second-order valence-corrected chi connectivity index (χ2v) is 3.34. The summed E-state index contributed by atoms with van der Waals surface area (Å²) in [6.45, 7) is 5.58. The Morgan fingerprint density at radius 2 is 2.25 bits per heavy atom. The maximum Gasteiger partial charge on any atom is 0.162 e. The highest BCUT2D eigenvalue weighted by Gasteiger charge is 2.19. The van der Waals surface area contributed by atoms with Crippen LogP contribution >= 0.6 is 0 Å². The highest BCUT2D eigenvalue weighted by Crippen LogP contribution is 2.24. The number of carbonyl (C=O) groups excluding carboxylic acids is 1. The van der Waals surface area contributed by atoms with Crippen LogP contribution in [0.5, 0.6) is 0 Å². The molecule has 0 bridgehead atoms. The van der Waals surface area contributed by atoms with E-state index in [0.717, 1.165) is 12.0 Å². The smallest absolute Gasteiger partial charge is 0.162 e. The van der Waals surface area contributed by atoms with Crippen LogP contribution in [0.2, 0.25) is 0 Å². The van der Waals surface area contributed by atoms with E-state index < -0.39 is 0 Å². The molecule has 12 heavy (non-hydrogen) atoms. The normalized spacial score (nSPS) is 18.2. The van der Waals surface area contributed by atoms with Gasteiger partial charge in [-0.2, -0.15) is 0 Å². The molecule has 2 heteroatoms. The summed E-state index contributed by atoms with van der Waals surface area (Å²) in [7, 11) is 0. The van der Waals surface area contributed by atoms with Crippen LogP contribution in [0.3, 0.4) is 0 Å². The minimum atomic E-state index is 0.0850. The van der Waals surface area contributed by atoms with Gasteiger partial charge in [-0.05, 0) is 19.8 Å². The number of rotatable bonds is 2. The van der Waals surface area contributed by atoms with Crippen LogP contribution in [0.15, 0.2) is 23.5 Å². The molecule has 0 amide bonds. The molecule has 0 aromatic heterocycles. The van der Waals surface area contributed by atoms with Gasteiger partial charge in [0.25, 0.3) is 0 Å². The summed E-state index contributed by atoms with van der Waals surface area (Å²) in [5.74, 6) is 0.357. The molecule has 0 aliphatic heterocycles. The van der Waals surface area contributed by atoms with Crippen LogP contribution in [0, 0.1) is 0 Å². The van der Waals surface area contributed by atoms with Gasteiger partial charge in [0.05, 0.1) is 5.76 Å². The molecule has 0 radical (unpaired) electrons. The molecule has 0 atom stereocenters. The zero-order chi connectivity index (χ0) is 9.14. The molecule has 0 unspecified atom stereocenters. The topological polar surface area (TPSA) is 37.3 Å². The van der Waals surface area contributed by atoms with Crippen molar-refractivity contribution in [3.05, 3.63) is 23.5 Å². The average Bonchev–Trinajstić information content (AvgIpc) is 1.97. The number of allylic oxidation sites excluding steroid dienone is 3. The number of hydrogen-bond acceptors (Lipinski definition) is 2. The minimum Gasteiger partial charge on any atom is -0.512 e. The van der Waals surface area contributed by atoms with E-state index in [1.165, 1.54) is 0 Å². The lowest BCUT2D eigenvalue weighted by molar-refractivity contribution is -0.116. The monoisotopic (exact) mass is 166 g/mol. The van der Waals surface area contributed by atoms with E-state index in [0.29, 0.717) is 24.8 Å². The van der Waals surface area contributed by atoms with Crippen molar-refractivity contribution in [3.8, 4) is 0 Å². The molecule has 1 N–H and O–H groups in total. The fourth-order valence-corrected chi connectivity index (χ4v) is 1.38. The van der Waals surface area contributed by atoms with Crippen molar-refractivity contribution < 1.29 is 9.90 Å². The first-order valence-corrected chi connectivity index (χ1v) is 4.20. The Bertz CT molecular complexity index is 249. The van der Waals surface area contributed by atoms with Gasteiger partial charge in [-0.3, -0.25) is 4.79 Å². The molecule has 0 saturated carbocycles. The first-order valence-electron chi connectivity index (χ1n) is 4.20. The van der Waals surface area contributed by atoms with E-state index in [1.54, 1.807) is 0 Å². The lowest BCUT2D eigenvalue weighted by Gasteiger charge is -2.14. The summed E-state index contributed by atoms with van der Waals surface area (Å²) in [6, 6.07) is 0. The Hall–Kier alpha value is -1.05. The maximum atomic E-state index is 11.3. The molecule has 2 nitrogen and oxygen atoms in total. The number of ketones is 1. The maximum absolute atomic E-state index is 11.3. The van der Waals surface area contributed by atoms with Crippen molar-refractivity contribution in [3.63, 3.8) is 0 Å². The standard InChI is InChI=1S/C10H14O2/c1-7(2)6-8-9(11)4-3-5-10(8)12/h11H,1,3-6H2,2H3. The minimum absolute atomic E-state index is 0.0850. The van der Waals surface area contributed by atoms with Gasteiger partial charge < -0.3 is 5.11 Å². The summed E-state index contributed by atoms with van der Waals surface area (Å²) < 4.78 is 0. The third-order valence-electron chi connectivity index (χ3n) is 1.98. The first kappa shape index (κ1) is 9.04. The Morgan fingerprint density at radius 1 is 1.58 bits per heavy atom. The quantitative estimate of drug-likeness (QED) is 0.640. The van der Waals surface area contributed by atoms with Gasteiger partial charge in [-0.15, -0.1) is 0 Å². The molecule has 0 aromatic rings. The third-order valence-corrected chi connectivity index (χ3v) is 1.98. The highest BCUT2D eigenvalue weighted by atomic mass is 16.3. The number of aliphatic hydroxyl groups excluding tert-OH is 1. The first-order chi connectivity index (χ1) is 5.61. The molecular formula is C10H14O2. The lowest BCUT2D eigenvalue weighted by atomic mass is 9.92. The third kappa shape index (κ3) is 1.97.